The van der Waals surface area contributed by atoms with Crippen LogP contribution < -0.4 is 5.32 Å². The first-order valence-electron chi connectivity index (χ1n) is 8.02. The molecule has 1 aliphatic heterocycles. The van der Waals surface area contributed by atoms with Gasteiger partial charge < -0.3 is 10.4 Å². The molecule has 2 N–H and O–H groups in total. The highest BCUT2D eigenvalue weighted by molar-refractivity contribution is 7.90. The molecule has 0 bridgehead atoms. The summed E-state index contributed by atoms with van der Waals surface area (Å²) in [5.74, 6) is -2.74. The normalized spacial score (nSPS) is 24.2. The summed E-state index contributed by atoms with van der Waals surface area (Å²) in [6.07, 6.45) is 1.77. The number of aliphatic carboxylic acids is 1. The molecule has 1 fully saturated rings. The van der Waals surface area contributed by atoms with Crippen LogP contribution in [0.5, 0.6) is 0 Å². The third kappa shape index (κ3) is 2.78. The second kappa shape index (κ2) is 6.14. The number of carbonyl (C=O) groups is 3. The third-order valence-corrected chi connectivity index (χ3v) is 6.60. The van der Waals surface area contributed by atoms with Crippen molar-refractivity contribution in [2.45, 2.75) is 37.1 Å². The molecule has 3 rings (SSSR count). The van der Waals surface area contributed by atoms with Crippen molar-refractivity contribution in [3.05, 3.63) is 29.3 Å². The maximum atomic E-state index is 12.4. The fourth-order valence-electron chi connectivity index (χ4n) is 3.41. The average molecular weight is 366 g/mol. The van der Waals surface area contributed by atoms with Crippen molar-refractivity contribution in [2.75, 3.05) is 6.54 Å². The molecule has 1 saturated carbocycles. The van der Waals surface area contributed by atoms with Crippen LogP contribution in [0.2, 0.25) is 0 Å². The predicted octanol–water partition coefficient (Wildman–Crippen LogP) is 0.834. The van der Waals surface area contributed by atoms with Gasteiger partial charge in [0.25, 0.3) is 21.8 Å². The zero-order valence-corrected chi connectivity index (χ0v) is 14.4. The summed E-state index contributed by atoms with van der Waals surface area (Å²) in [6, 6.07) is 3.40. The average Bonchev–Trinajstić information content (AvgIpc) is 3.09. The molecule has 8 nitrogen and oxygen atoms in total. The molecule has 0 unspecified atom stereocenters. The lowest BCUT2D eigenvalue weighted by Crippen LogP contribution is -2.40. The zero-order chi connectivity index (χ0) is 18.4. The Morgan fingerprint density at radius 2 is 2.04 bits per heavy atom. The van der Waals surface area contributed by atoms with E-state index in [1.807, 2.05) is 0 Å². The van der Waals surface area contributed by atoms with Gasteiger partial charge in [0.2, 0.25) is 0 Å². The van der Waals surface area contributed by atoms with E-state index in [4.69, 9.17) is 0 Å². The fourth-order valence-corrected chi connectivity index (χ4v) is 5.01. The van der Waals surface area contributed by atoms with E-state index < -0.39 is 39.8 Å². The number of carboxylic acid groups (broad SMARTS) is 1. The summed E-state index contributed by atoms with van der Waals surface area (Å²) in [5.41, 5.74) is 0.131. The molecule has 1 aromatic carbocycles. The number of amides is 2. The first-order chi connectivity index (χ1) is 11.8. The molecule has 0 spiro atoms. The van der Waals surface area contributed by atoms with Crippen molar-refractivity contribution in [1.82, 2.24) is 9.62 Å². The van der Waals surface area contributed by atoms with Gasteiger partial charge in [0.05, 0.1) is 11.5 Å². The number of fused-ring (bicyclic) bond motifs is 1. The molecule has 2 aliphatic rings. The van der Waals surface area contributed by atoms with Crippen LogP contribution in [-0.2, 0) is 14.8 Å². The third-order valence-electron chi connectivity index (χ3n) is 4.71. The maximum absolute atomic E-state index is 12.4. The lowest BCUT2D eigenvalue weighted by Gasteiger charge is -2.17. The number of hydrogen-bond acceptors (Lipinski definition) is 5. The summed E-state index contributed by atoms with van der Waals surface area (Å²) in [7, 11) is -3.94. The Kier molecular flexibility index (Phi) is 4.28. The minimum atomic E-state index is -3.94. The van der Waals surface area contributed by atoms with Crippen LogP contribution in [0.1, 0.15) is 46.9 Å². The van der Waals surface area contributed by atoms with Crippen LogP contribution in [0.3, 0.4) is 0 Å². The van der Waals surface area contributed by atoms with Crippen LogP contribution in [0.25, 0.3) is 0 Å². The number of nitrogens with zero attached hydrogens (tertiary/aromatic N) is 1. The van der Waals surface area contributed by atoms with E-state index in [-0.39, 0.29) is 22.6 Å². The van der Waals surface area contributed by atoms with Crippen molar-refractivity contribution in [1.29, 1.82) is 0 Å². The molecule has 1 aromatic rings. The number of hydrogen-bond donors (Lipinski definition) is 2. The van der Waals surface area contributed by atoms with Crippen LogP contribution in [0, 0.1) is 5.92 Å². The first-order valence-corrected chi connectivity index (χ1v) is 9.46. The van der Waals surface area contributed by atoms with Crippen molar-refractivity contribution < 1.29 is 27.9 Å². The number of sulfonamides is 1. The predicted molar refractivity (Wildman–Crippen MR) is 86.6 cm³/mol. The van der Waals surface area contributed by atoms with Gasteiger partial charge in [0.15, 0.2) is 0 Å². The Bertz CT molecular complexity index is 863. The number of nitrogens with one attached hydrogen (secondary N) is 1. The van der Waals surface area contributed by atoms with Gasteiger partial charge >= 0.3 is 5.97 Å². The number of rotatable bonds is 4. The highest BCUT2D eigenvalue weighted by Gasteiger charge is 2.41. The van der Waals surface area contributed by atoms with Crippen molar-refractivity contribution in [3.63, 3.8) is 0 Å². The summed E-state index contributed by atoms with van der Waals surface area (Å²) >= 11 is 0. The molecule has 1 heterocycles. The Labute approximate surface area is 144 Å². The van der Waals surface area contributed by atoms with Gasteiger partial charge in [-0.15, -0.1) is 0 Å². The van der Waals surface area contributed by atoms with Crippen LogP contribution in [-0.4, -0.2) is 48.2 Å². The SMILES string of the molecule is CCN1C(=O)c2ccc(C(=O)N[C@@H]3CCC[C@@H]3C(=O)O)cc2S1(=O)=O. The summed E-state index contributed by atoms with van der Waals surface area (Å²) < 4.78 is 25.5. The topological polar surface area (TPSA) is 121 Å². The van der Waals surface area contributed by atoms with E-state index in [1.54, 1.807) is 6.92 Å². The molecule has 0 aromatic heterocycles. The molecule has 0 radical (unpaired) electrons. The molecule has 134 valence electrons. The molecule has 9 heteroatoms. The monoisotopic (exact) mass is 366 g/mol. The smallest absolute Gasteiger partial charge is 0.308 e. The van der Waals surface area contributed by atoms with E-state index in [1.165, 1.54) is 18.2 Å². The number of carboxylic acids is 1. The Hall–Kier alpha value is -2.42. The summed E-state index contributed by atoms with van der Waals surface area (Å²) in [5, 5.41) is 11.8. The Balaban J connectivity index is 1.87. The van der Waals surface area contributed by atoms with Gasteiger partial charge in [-0.05, 0) is 38.0 Å². The molecular formula is C16H18N2O6S. The maximum Gasteiger partial charge on any atom is 0.308 e. The lowest BCUT2D eigenvalue weighted by atomic mass is 10.0. The van der Waals surface area contributed by atoms with Gasteiger partial charge in [-0.25, -0.2) is 12.7 Å². The van der Waals surface area contributed by atoms with E-state index in [0.29, 0.717) is 19.3 Å². The second-order valence-corrected chi connectivity index (χ2v) is 7.97. The van der Waals surface area contributed by atoms with E-state index in [9.17, 15) is 27.9 Å². The number of carbonyl (C=O) groups excluding carboxylic acids is 2. The van der Waals surface area contributed by atoms with Crippen molar-refractivity contribution in [2.24, 2.45) is 5.92 Å². The fraction of sp³-hybridized carbons (Fsp3) is 0.438. The molecule has 2 amide bonds. The largest absolute Gasteiger partial charge is 0.481 e. The number of benzene rings is 1. The highest BCUT2D eigenvalue weighted by atomic mass is 32.2. The zero-order valence-electron chi connectivity index (χ0n) is 13.6. The Morgan fingerprint density at radius 3 is 2.68 bits per heavy atom. The molecule has 2 atom stereocenters. The van der Waals surface area contributed by atoms with Crippen molar-refractivity contribution in [3.8, 4) is 0 Å². The van der Waals surface area contributed by atoms with Gasteiger partial charge in [-0.2, -0.15) is 0 Å². The molecule has 0 saturated heterocycles. The standard InChI is InChI=1S/C16H18N2O6S/c1-2-18-15(20)11-7-6-9(8-13(11)25(18,23)24)14(19)17-12-5-3-4-10(12)16(21)22/h6-8,10,12H,2-5H2,1H3,(H,17,19)(H,21,22)/t10-,12+/m0/s1. The van der Waals surface area contributed by atoms with Crippen molar-refractivity contribution >= 4 is 27.8 Å². The Morgan fingerprint density at radius 1 is 1.32 bits per heavy atom. The van der Waals surface area contributed by atoms with E-state index in [2.05, 4.69) is 5.32 Å². The highest BCUT2D eigenvalue weighted by Crippen LogP contribution is 2.31. The lowest BCUT2D eigenvalue weighted by molar-refractivity contribution is -0.142. The molecule has 25 heavy (non-hydrogen) atoms. The van der Waals surface area contributed by atoms with Gasteiger partial charge in [-0.1, -0.05) is 6.42 Å². The summed E-state index contributed by atoms with van der Waals surface area (Å²) in [6.45, 7) is 1.57. The van der Waals surface area contributed by atoms with Gasteiger partial charge in [-0.3, -0.25) is 14.4 Å². The van der Waals surface area contributed by atoms with Gasteiger partial charge in [0, 0.05) is 18.2 Å². The van der Waals surface area contributed by atoms with E-state index >= 15 is 0 Å². The quantitative estimate of drug-likeness (QED) is 0.814. The van der Waals surface area contributed by atoms with Crippen LogP contribution in [0.4, 0.5) is 0 Å². The minimum Gasteiger partial charge on any atom is -0.481 e. The van der Waals surface area contributed by atoms with Crippen LogP contribution in [0.15, 0.2) is 23.1 Å². The first kappa shape index (κ1) is 17.4. The van der Waals surface area contributed by atoms with Crippen LogP contribution >= 0.6 is 0 Å². The summed E-state index contributed by atoms with van der Waals surface area (Å²) in [4.78, 5) is 35.5. The van der Waals surface area contributed by atoms with E-state index in [0.717, 1.165) is 4.31 Å². The minimum absolute atomic E-state index is 0.0136. The van der Waals surface area contributed by atoms with Gasteiger partial charge in [0.1, 0.15) is 4.90 Å². The molecule has 1 aliphatic carbocycles. The second-order valence-electron chi connectivity index (χ2n) is 6.14. The molecular weight excluding hydrogens is 348 g/mol.